The Bertz CT molecular complexity index is 220. The summed E-state index contributed by atoms with van der Waals surface area (Å²) in [7, 11) is 0. The molecule has 2 nitrogen and oxygen atoms in total. The van der Waals surface area contributed by atoms with Crippen LogP contribution in [0.2, 0.25) is 0 Å². The first-order valence-corrected chi connectivity index (χ1v) is 5.16. The molecule has 0 spiro atoms. The fraction of sp³-hybridized carbons (Fsp3) is 0.444. The van der Waals surface area contributed by atoms with Gasteiger partial charge in [-0.2, -0.15) is 0 Å². The van der Waals surface area contributed by atoms with Gasteiger partial charge in [-0.05, 0) is 24.3 Å². The second kappa shape index (κ2) is 5.04. The summed E-state index contributed by atoms with van der Waals surface area (Å²) in [6, 6.07) is 3.86. The Kier molecular flexibility index (Phi) is 3.94. The van der Waals surface area contributed by atoms with E-state index in [-0.39, 0.29) is 0 Å². The number of nitrogens with two attached hydrogens (primary N) is 1. The summed E-state index contributed by atoms with van der Waals surface area (Å²) in [5.41, 5.74) is 6.24. The number of hydrogen-bond acceptors (Lipinski definition) is 3. The van der Waals surface area contributed by atoms with Gasteiger partial charge in [0.2, 0.25) is 0 Å². The number of thioether (sulfide) groups is 1. The van der Waals surface area contributed by atoms with Crippen LogP contribution in [0.4, 0.5) is 5.69 Å². The lowest BCUT2D eigenvalue weighted by Gasteiger charge is -1.98. The van der Waals surface area contributed by atoms with E-state index in [0.29, 0.717) is 0 Å². The van der Waals surface area contributed by atoms with Crippen LogP contribution in [0.15, 0.2) is 23.4 Å². The fourth-order valence-corrected chi connectivity index (χ4v) is 1.73. The summed E-state index contributed by atoms with van der Waals surface area (Å²) in [6.07, 6.45) is 4.19. The molecule has 0 aliphatic carbocycles. The van der Waals surface area contributed by atoms with Gasteiger partial charge in [0.15, 0.2) is 0 Å². The molecule has 0 unspecified atom stereocenters. The van der Waals surface area contributed by atoms with Crippen molar-refractivity contribution in [1.29, 1.82) is 0 Å². The van der Waals surface area contributed by atoms with Gasteiger partial charge in [0.05, 0.1) is 16.9 Å². The first-order valence-electron chi connectivity index (χ1n) is 4.17. The normalized spacial score (nSPS) is 10.1. The molecule has 0 bridgehead atoms. The second-order valence-electron chi connectivity index (χ2n) is 2.63. The molecule has 0 atom stereocenters. The standard InChI is InChI=1S/C9H14N2S/c1-2-3-6-12-9-5-4-8(10)7-11-9/h4-5,7H,2-3,6,10H2,1H3. The summed E-state index contributed by atoms with van der Waals surface area (Å²) in [4.78, 5) is 4.19. The number of aromatic nitrogens is 1. The molecule has 0 aromatic carbocycles. The summed E-state index contributed by atoms with van der Waals surface area (Å²) in [5, 5.41) is 1.07. The molecule has 0 aliphatic rings. The van der Waals surface area contributed by atoms with Crippen LogP contribution < -0.4 is 5.73 Å². The minimum absolute atomic E-state index is 0.731. The van der Waals surface area contributed by atoms with Gasteiger partial charge in [-0.1, -0.05) is 13.3 Å². The average Bonchev–Trinajstić information content (AvgIpc) is 2.09. The molecule has 0 aliphatic heterocycles. The Morgan fingerprint density at radius 2 is 2.33 bits per heavy atom. The predicted molar refractivity (Wildman–Crippen MR) is 54.3 cm³/mol. The van der Waals surface area contributed by atoms with Gasteiger partial charge in [0.1, 0.15) is 0 Å². The van der Waals surface area contributed by atoms with E-state index >= 15 is 0 Å². The zero-order valence-electron chi connectivity index (χ0n) is 7.29. The summed E-state index contributed by atoms with van der Waals surface area (Å²) < 4.78 is 0. The summed E-state index contributed by atoms with van der Waals surface area (Å²) in [5.74, 6) is 1.15. The van der Waals surface area contributed by atoms with Crippen LogP contribution >= 0.6 is 11.8 Å². The Balaban J connectivity index is 2.37. The van der Waals surface area contributed by atoms with Crippen LogP contribution in [-0.4, -0.2) is 10.7 Å². The Morgan fingerprint density at radius 1 is 1.50 bits per heavy atom. The van der Waals surface area contributed by atoms with E-state index in [0.717, 1.165) is 16.5 Å². The molecule has 0 amide bonds. The number of nitrogen functional groups attached to an aromatic ring is 1. The van der Waals surface area contributed by atoms with E-state index in [1.807, 2.05) is 12.1 Å². The van der Waals surface area contributed by atoms with E-state index < -0.39 is 0 Å². The second-order valence-corrected chi connectivity index (χ2v) is 3.75. The molecule has 1 aromatic rings. The van der Waals surface area contributed by atoms with E-state index in [1.54, 1.807) is 18.0 Å². The molecule has 1 aromatic heterocycles. The molecule has 66 valence electrons. The Hall–Kier alpha value is -0.700. The van der Waals surface area contributed by atoms with Crippen molar-refractivity contribution in [2.24, 2.45) is 0 Å². The van der Waals surface area contributed by atoms with Crippen LogP contribution in [-0.2, 0) is 0 Å². The largest absolute Gasteiger partial charge is 0.397 e. The minimum atomic E-state index is 0.731. The number of pyridine rings is 1. The van der Waals surface area contributed by atoms with E-state index in [4.69, 9.17) is 5.73 Å². The van der Waals surface area contributed by atoms with Crippen molar-refractivity contribution in [3.63, 3.8) is 0 Å². The smallest absolute Gasteiger partial charge is 0.0961 e. The van der Waals surface area contributed by atoms with Gasteiger partial charge >= 0.3 is 0 Å². The van der Waals surface area contributed by atoms with Crippen molar-refractivity contribution in [3.8, 4) is 0 Å². The third kappa shape index (κ3) is 3.13. The average molecular weight is 182 g/mol. The highest BCUT2D eigenvalue weighted by Gasteiger charge is 1.93. The topological polar surface area (TPSA) is 38.9 Å². The quantitative estimate of drug-likeness (QED) is 0.574. The lowest BCUT2D eigenvalue weighted by Crippen LogP contribution is -1.87. The van der Waals surface area contributed by atoms with Crippen molar-refractivity contribution >= 4 is 17.4 Å². The Morgan fingerprint density at radius 3 is 2.92 bits per heavy atom. The van der Waals surface area contributed by atoms with Crippen molar-refractivity contribution in [3.05, 3.63) is 18.3 Å². The molecule has 0 fully saturated rings. The van der Waals surface area contributed by atoms with Crippen molar-refractivity contribution in [1.82, 2.24) is 4.98 Å². The van der Waals surface area contributed by atoms with Gasteiger partial charge in [0.25, 0.3) is 0 Å². The molecule has 12 heavy (non-hydrogen) atoms. The summed E-state index contributed by atoms with van der Waals surface area (Å²) >= 11 is 1.79. The van der Waals surface area contributed by atoms with Gasteiger partial charge < -0.3 is 5.73 Å². The molecule has 3 heteroatoms. The van der Waals surface area contributed by atoms with Gasteiger partial charge in [-0.3, -0.25) is 0 Å². The molecular formula is C9H14N2S. The number of hydrogen-bond donors (Lipinski definition) is 1. The van der Waals surface area contributed by atoms with Crippen molar-refractivity contribution < 1.29 is 0 Å². The first-order chi connectivity index (χ1) is 5.83. The van der Waals surface area contributed by atoms with E-state index in [9.17, 15) is 0 Å². The zero-order valence-corrected chi connectivity index (χ0v) is 8.10. The maximum Gasteiger partial charge on any atom is 0.0961 e. The SMILES string of the molecule is CCCCSc1ccc(N)cn1. The number of unbranched alkanes of at least 4 members (excludes halogenated alkanes) is 1. The van der Waals surface area contributed by atoms with Crippen molar-refractivity contribution in [2.45, 2.75) is 24.8 Å². The van der Waals surface area contributed by atoms with Gasteiger partial charge in [0, 0.05) is 0 Å². The lowest BCUT2D eigenvalue weighted by atomic mass is 10.4. The van der Waals surface area contributed by atoms with Crippen LogP contribution in [0.5, 0.6) is 0 Å². The number of nitrogens with zero attached hydrogens (tertiary/aromatic N) is 1. The fourth-order valence-electron chi connectivity index (χ4n) is 0.798. The minimum Gasteiger partial charge on any atom is -0.397 e. The zero-order chi connectivity index (χ0) is 8.81. The molecule has 0 saturated heterocycles. The predicted octanol–water partition coefficient (Wildman–Crippen LogP) is 2.56. The molecule has 0 saturated carbocycles. The lowest BCUT2D eigenvalue weighted by molar-refractivity contribution is 0.894. The molecule has 1 heterocycles. The highest BCUT2D eigenvalue weighted by molar-refractivity contribution is 7.99. The van der Waals surface area contributed by atoms with Gasteiger partial charge in [-0.15, -0.1) is 11.8 Å². The van der Waals surface area contributed by atoms with Crippen molar-refractivity contribution in [2.75, 3.05) is 11.5 Å². The molecule has 0 radical (unpaired) electrons. The number of rotatable bonds is 4. The molecule has 1 rings (SSSR count). The van der Waals surface area contributed by atoms with Crippen LogP contribution in [0.1, 0.15) is 19.8 Å². The number of anilines is 1. The summed E-state index contributed by atoms with van der Waals surface area (Å²) in [6.45, 7) is 2.19. The van der Waals surface area contributed by atoms with E-state index in [2.05, 4.69) is 11.9 Å². The maximum absolute atomic E-state index is 5.51. The van der Waals surface area contributed by atoms with E-state index in [1.165, 1.54) is 12.8 Å². The van der Waals surface area contributed by atoms with Crippen LogP contribution in [0.3, 0.4) is 0 Å². The highest BCUT2D eigenvalue weighted by Crippen LogP contribution is 2.16. The highest BCUT2D eigenvalue weighted by atomic mass is 32.2. The monoisotopic (exact) mass is 182 g/mol. The Labute approximate surface area is 77.6 Å². The van der Waals surface area contributed by atoms with Crippen LogP contribution in [0, 0.1) is 0 Å². The third-order valence-corrected chi connectivity index (χ3v) is 2.54. The first kappa shape index (κ1) is 9.39. The van der Waals surface area contributed by atoms with Gasteiger partial charge in [-0.25, -0.2) is 4.98 Å². The van der Waals surface area contributed by atoms with Crippen LogP contribution in [0.25, 0.3) is 0 Å². The third-order valence-electron chi connectivity index (χ3n) is 1.51. The molecule has 2 N–H and O–H groups in total. The molecular weight excluding hydrogens is 168 g/mol. The maximum atomic E-state index is 5.51.